The number of thiocarbonyl (C=S) groups is 1. The second kappa shape index (κ2) is 9.62. The molecule has 0 atom stereocenters. The van der Waals surface area contributed by atoms with Gasteiger partial charge in [-0.1, -0.05) is 18.2 Å². The fourth-order valence-corrected chi connectivity index (χ4v) is 2.12. The molecule has 0 aliphatic carbocycles. The lowest BCUT2D eigenvalue weighted by molar-refractivity contribution is -0.0513. The van der Waals surface area contributed by atoms with E-state index >= 15 is 0 Å². The smallest absolute Gasteiger partial charge is 0.387 e. The summed E-state index contributed by atoms with van der Waals surface area (Å²) in [7, 11) is 1.35. The van der Waals surface area contributed by atoms with Crippen LogP contribution >= 0.6 is 12.2 Å². The highest BCUT2D eigenvalue weighted by atomic mass is 32.1. The molecular formula is C17H16F3N3O2S. The van der Waals surface area contributed by atoms with Gasteiger partial charge in [-0.3, -0.25) is 5.43 Å². The molecule has 0 heterocycles. The molecule has 0 aromatic heterocycles. The van der Waals surface area contributed by atoms with E-state index in [9.17, 15) is 13.2 Å². The third-order valence-corrected chi connectivity index (χ3v) is 3.41. The van der Waals surface area contributed by atoms with Crippen molar-refractivity contribution in [2.45, 2.75) is 13.2 Å². The summed E-state index contributed by atoms with van der Waals surface area (Å²) in [5.74, 6) is -0.286. The van der Waals surface area contributed by atoms with Gasteiger partial charge in [-0.2, -0.15) is 13.9 Å². The van der Waals surface area contributed by atoms with E-state index in [0.717, 1.165) is 5.56 Å². The van der Waals surface area contributed by atoms with Crippen LogP contribution in [0.1, 0.15) is 11.1 Å². The summed E-state index contributed by atoms with van der Waals surface area (Å²) in [5.41, 5.74) is 3.69. The molecule has 2 N–H and O–H groups in total. The Kier molecular flexibility index (Phi) is 7.22. The molecule has 2 aromatic carbocycles. The maximum Gasteiger partial charge on any atom is 0.387 e. The first kappa shape index (κ1) is 19.5. The Labute approximate surface area is 153 Å². The minimum atomic E-state index is -3.00. The van der Waals surface area contributed by atoms with Gasteiger partial charge in [0.25, 0.3) is 0 Å². The number of nitrogens with one attached hydrogen (secondary N) is 2. The summed E-state index contributed by atoms with van der Waals surface area (Å²) < 4.78 is 47.4. The molecule has 26 heavy (non-hydrogen) atoms. The van der Waals surface area contributed by atoms with Crippen molar-refractivity contribution < 1.29 is 22.6 Å². The van der Waals surface area contributed by atoms with Gasteiger partial charge in [0.2, 0.25) is 0 Å². The van der Waals surface area contributed by atoms with Crippen LogP contribution in [0.2, 0.25) is 0 Å². The third kappa shape index (κ3) is 5.92. The van der Waals surface area contributed by atoms with Gasteiger partial charge in [-0.25, -0.2) is 4.39 Å². The highest BCUT2D eigenvalue weighted by Gasteiger charge is 2.14. The Morgan fingerprint density at radius 3 is 2.62 bits per heavy atom. The van der Waals surface area contributed by atoms with E-state index in [1.807, 2.05) is 0 Å². The lowest BCUT2D eigenvalue weighted by Gasteiger charge is -2.12. The number of alkyl halides is 2. The van der Waals surface area contributed by atoms with Crippen molar-refractivity contribution in [3.63, 3.8) is 0 Å². The van der Waals surface area contributed by atoms with Gasteiger partial charge >= 0.3 is 6.61 Å². The topological polar surface area (TPSA) is 54.9 Å². The standard InChI is InChI=1S/C17H16F3N3O2S/c1-24-14-4-2-3-12(15(14)25-16(19)20)10-22-23-17(26)21-9-11-5-7-13(18)8-6-11/h2-8,10,16H,9H2,1H3,(H2,21,23,26)/b22-10-. The summed E-state index contributed by atoms with van der Waals surface area (Å²) in [4.78, 5) is 0. The lowest BCUT2D eigenvalue weighted by atomic mass is 10.2. The fourth-order valence-electron chi connectivity index (χ4n) is 1.99. The first-order chi connectivity index (χ1) is 12.5. The van der Waals surface area contributed by atoms with Gasteiger partial charge < -0.3 is 14.8 Å². The summed E-state index contributed by atoms with van der Waals surface area (Å²) >= 11 is 5.06. The number of ether oxygens (including phenoxy) is 2. The van der Waals surface area contributed by atoms with Crippen LogP contribution in [0.25, 0.3) is 0 Å². The Morgan fingerprint density at radius 1 is 1.23 bits per heavy atom. The average Bonchev–Trinajstić information content (AvgIpc) is 2.62. The second-order valence-electron chi connectivity index (χ2n) is 4.94. The number of methoxy groups -OCH3 is 1. The van der Waals surface area contributed by atoms with E-state index in [1.54, 1.807) is 24.3 Å². The van der Waals surface area contributed by atoms with Gasteiger partial charge in [0.05, 0.1) is 13.3 Å². The van der Waals surface area contributed by atoms with Crippen molar-refractivity contribution in [3.8, 4) is 11.5 Å². The molecule has 0 aliphatic heterocycles. The van der Waals surface area contributed by atoms with Gasteiger partial charge in [0, 0.05) is 12.1 Å². The van der Waals surface area contributed by atoms with E-state index in [-0.39, 0.29) is 22.4 Å². The maximum absolute atomic E-state index is 12.8. The van der Waals surface area contributed by atoms with E-state index in [0.29, 0.717) is 12.1 Å². The molecule has 0 radical (unpaired) electrons. The van der Waals surface area contributed by atoms with Crippen molar-refractivity contribution in [2.75, 3.05) is 7.11 Å². The van der Waals surface area contributed by atoms with Crippen molar-refractivity contribution in [3.05, 3.63) is 59.4 Å². The first-order valence-electron chi connectivity index (χ1n) is 7.42. The Bertz CT molecular complexity index is 770. The number of hydrazone groups is 1. The largest absolute Gasteiger partial charge is 0.493 e. The fraction of sp³-hybridized carbons (Fsp3) is 0.176. The highest BCUT2D eigenvalue weighted by Crippen LogP contribution is 2.31. The number of rotatable bonds is 7. The zero-order valence-electron chi connectivity index (χ0n) is 13.7. The van der Waals surface area contributed by atoms with Crippen LogP contribution in [0, 0.1) is 5.82 Å². The molecule has 0 unspecified atom stereocenters. The number of nitrogens with zero attached hydrogens (tertiary/aromatic N) is 1. The monoisotopic (exact) mass is 383 g/mol. The van der Waals surface area contributed by atoms with Crippen LogP contribution in [0.5, 0.6) is 11.5 Å². The Morgan fingerprint density at radius 2 is 1.96 bits per heavy atom. The van der Waals surface area contributed by atoms with Crippen LogP contribution in [-0.4, -0.2) is 25.0 Å². The van der Waals surface area contributed by atoms with Gasteiger partial charge in [0.1, 0.15) is 5.82 Å². The molecule has 0 fully saturated rings. The summed E-state index contributed by atoms with van der Waals surface area (Å²) in [6.07, 6.45) is 1.28. The SMILES string of the molecule is COc1cccc(/C=N\NC(=S)NCc2ccc(F)cc2)c1OC(F)F. The van der Waals surface area contributed by atoms with Gasteiger partial charge in [0.15, 0.2) is 16.6 Å². The van der Waals surface area contributed by atoms with Crippen LogP contribution in [0.15, 0.2) is 47.6 Å². The normalized spacial score (nSPS) is 10.8. The van der Waals surface area contributed by atoms with Crippen LogP contribution in [0.3, 0.4) is 0 Å². The van der Waals surface area contributed by atoms with Crippen molar-refractivity contribution >= 4 is 23.5 Å². The predicted molar refractivity (Wildman–Crippen MR) is 96.2 cm³/mol. The third-order valence-electron chi connectivity index (χ3n) is 3.17. The second-order valence-corrected chi connectivity index (χ2v) is 5.34. The average molecular weight is 383 g/mol. The molecule has 5 nitrogen and oxygen atoms in total. The number of halogens is 3. The summed E-state index contributed by atoms with van der Waals surface area (Å²) in [6, 6.07) is 10.6. The molecule has 0 saturated carbocycles. The molecule has 0 bridgehead atoms. The van der Waals surface area contributed by atoms with E-state index in [1.165, 1.54) is 31.5 Å². The Balaban J connectivity index is 1.94. The summed E-state index contributed by atoms with van der Waals surface area (Å²) in [5, 5.41) is 6.99. The summed E-state index contributed by atoms with van der Waals surface area (Å²) in [6.45, 7) is -2.62. The van der Waals surface area contributed by atoms with Crippen molar-refractivity contribution in [1.29, 1.82) is 0 Å². The number of hydrogen-bond acceptors (Lipinski definition) is 4. The van der Waals surface area contributed by atoms with E-state index in [4.69, 9.17) is 17.0 Å². The minimum Gasteiger partial charge on any atom is -0.493 e. The molecule has 0 amide bonds. The zero-order valence-corrected chi connectivity index (χ0v) is 14.5. The molecule has 2 rings (SSSR count). The molecule has 0 saturated heterocycles. The highest BCUT2D eigenvalue weighted by molar-refractivity contribution is 7.80. The van der Waals surface area contributed by atoms with Crippen LogP contribution in [0.4, 0.5) is 13.2 Å². The molecule has 2 aromatic rings. The van der Waals surface area contributed by atoms with Gasteiger partial charge in [-0.05, 0) is 42.0 Å². The molecular weight excluding hydrogens is 367 g/mol. The van der Waals surface area contributed by atoms with E-state index < -0.39 is 6.61 Å². The molecule has 0 spiro atoms. The lowest BCUT2D eigenvalue weighted by Crippen LogP contribution is -2.31. The predicted octanol–water partition coefficient (Wildman–Crippen LogP) is 3.43. The quantitative estimate of drug-likeness (QED) is 0.436. The van der Waals surface area contributed by atoms with Crippen molar-refractivity contribution in [2.24, 2.45) is 5.10 Å². The zero-order chi connectivity index (χ0) is 18.9. The maximum atomic E-state index is 12.8. The van der Waals surface area contributed by atoms with Crippen LogP contribution < -0.4 is 20.2 Å². The van der Waals surface area contributed by atoms with E-state index in [2.05, 4.69) is 20.6 Å². The molecule has 0 aliphatic rings. The van der Waals surface area contributed by atoms with Crippen LogP contribution in [-0.2, 0) is 6.54 Å². The number of benzene rings is 2. The molecule has 138 valence electrons. The number of hydrogen-bond donors (Lipinski definition) is 2. The minimum absolute atomic E-state index is 0.124. The van der Waals surface area contributed by atoms with Crippen molar-refractivity contribution in [1.82, 2.24) is 10.7 Å². The number of para-hydroxylation sites is 1. The first-order valence-corrected chi connectivity index (χ1v) is 7.83. The Hall–Kier alpha value is -2.81. The molecule has 9 heteroatoms. The van der Waals surface area contributed by atoms with Gasteiger partial charge in [-0.15, -0.1) is 0 Å².